The van der Waals surface area contributed by atoms with Gasteiger partial charge in [-0.15, -0.1) is 0 Å². The highest BCUT2D eigenvalue weighted by molar-refractivity contribution is 5.79. The van der Waals surface area contributed by atoms with E-state index in [4.69, 9.17) is 9.47 Å². The molecule has 0 aromatic heterocycles. The van der Waals surface area contributed by atoms with Crippen LogP contribution in [0.3, 0.4) is 0 Å². The second-order valence-electron chi connectivity index (χ2n) is 6.38. The van der Waals surface area contributed by atoms with Gasteiger partial charge in [0.1, 0.15) is 5.82 Å². The molecule has 140 valence electrons. The molecule has 0 radical (unpaired) electrons. The van der Waals surface area contributed by atoms with Crippen molar-refractivity contribution in [2.45, 2.75) is 26.3 Å². The molecule has 1 N–H and O–H groups in total. The molecule has 0 spiro atoms. The van der Waals surface area contributed by atoms with Crippen LogP contribution in [0.1, 0.15) is 25.3 Å². The third kappa shape index (κ3) is 7.40. The minimum Gasteiger partial charge on any atom is -0.381 e. The lowest BCUT2D eigenvalue weighted by molar-refractivity contribution is 0.0893. The summed E-state index contributed by atoms with van der Waals surface area (Å²) in [4.78, 5) is 6.70. The average Bonchev–Trinajstić information content (AvgIpc) is 3.12. The molecule has 0 bridgehead atoms. The first-order valence-electron chi connectivity index (χ1n) is 9.08. The van der Waals surface area contributed by atoms with Crippen LogP contribution in [0.5, 0.6) is 0 Å². The van der Waals surface area contributed by atoms with Crippen LogP contribution in [0, 0.1) is 11.7 Å². The van der Waals surface area contributed by atoms with Gasteiger partial charge in [0.25, 0.3) is 0 Å². The largest absolute Gasteiger partial charge is 0.381 e. The van der Waals surface area contributed by atoms with Gasteiger partial charge in [0.15, 0.2) is 5.96 Å². The second-order valence-corrected chi connectivity index (χ2v) is 6.38. The van der Waals surface area contributed by atoms with E-state index in [1.165, 1.54) is 12.1 Å². The first-order chi connectivity index (χ1) is 12.2. The van der Waals surface area contributed by atoms with Crippen LogP contribution in [0.2, 0.25) is 0 Å². The maximum absolute atomic E-state index is 13.0. The Bertz CT molecular complexity index is 516. The highest BCUT2D eigenvalue weighted by Gasteiger charge is 2.15. The molecule has 2 rings (SSSR count). The van der Waals surface area contributed by atoms with E-state index in [-0.39, 0.29) is 5.82 Å². The monoisotopic (exact) mass is 351 g/mol. The third-order valence-corrected chi connectivity index (χ3v) is 4.12. The topological polar surface area (TPSA) is 46.1 Å². The summed E-state index contributed by atoms with van der Waals surface area (Å²) in [6, 6.07) is 6.58. The zero-order chi connectivity index (χ0) is 17.9. The fraction of sp³-hybridized carbons (Fsp3) is 0.632. The van der Waals surface area contributed by atoms with Gasteiger partial charge in [0.05, 0.1) is 13.2 Å². The Hall–Kier alpha value is -1.66. The maximum atomic E-state index is 13.0. The SMILES string of the molecule is CCNC(=NCCCOCC1CCOC1)N(C)Cc1ccc(F)cc1. The van der Waals surface area contributed by atoms with Gasteiger partial charge < -0.3 is 19.7 Å². The predicted molar refractivity (Wildman–Crippen MR) is 98.2 cm³/mol. The van der Waals surface area contributed by atoms with Crippen molar-refractivity contribution in [2.75, 3.05) is 46.6 Å². The van der Waals surface area contributed by atoms with E-state index in [9.17, 15) is 4.39 Å². The standard InChI is InChI=1S/C19H30FN3O2/c1-3-21-19(23(2)13-16-5-7-18(20)8-6-16)22-10-4-11-24-14-17-9-12-25-15-17/h5-8,17H,3-4,9-15H2,1-2H3,(H,21,22). The first kappa shape index (κ1) is 19.7. The Kier molecular flexibility index (Phi) is 8.69. The second kappa shape index (κ2) is 11.1. The molecule has 1 aliphatic rings. The van der Waals surface area contributed by atoms with Crippen LogP contribution in [0.4, 0.5) is 4.39 Å². The number of aliphatic imine (C=N–C) groups is 1. The number of guanidine groups is 1. The highest BCUT2D eigenvalue weighted by atomic mass is 19.1. The summed E-state index contributed by atoms with van der Waals surface area (Å²) >= 11 is 0. The summed E-state index contributed by atoms with van der Waals surface area (Å²) in [5, 5.41) is 3.29. The van der Waals surface area contributed by atoms with Crippen molar-refractivity contribution in [1.29, 1.82) is 0 Å². The summed E-state index contributed by atoms with van der Waals surface area (Å²) < 4.78 is 24.0. The number of halogens is 1. The average molecular weight is 351 g/mol. The van der Waals surface area contributed by atoms with E-state index >= 15 is 0 Å². The fourth-order valence-corrected chi connectivity index (χ4v) is 2.72. The van der Waals surface area contributed by atoms with E-state index in [1.54, 1.807) is 12.1 Å². The lowest BCUT2D eigenvalue weighted by Crippen LogP contribution is -2.38. The van der Waals surface area contributed by atoms with E-state index in [2.05, 4.69) is 10.3 Å². The van der Waals surface area contributed by atoms with E-state index in [1.807, 2.05) is 18.9 Å². The van der Waals surface area contributed by atoms with Gasteiger partial charge >= 0.3 is 0 Å². The normalized spacial score (nSPS) is 17.7. The van der Waals surface area contributed by atoms with Crippen molar-refractivity contribution in [3.8, 4) is 0 Å². The Morgan fingerprint density at radius 3 is 2.88 bits per heavy atom. The number of hydrogen-bond acceptors (Lipinski definition) is 3. The minimum atomic E-state index is -0.212. The van der Waals surface area contributed by atoms with Crippen molar-refractivity contribution < 1.29 is 13.9 Å². The van der Waals surface area contributed by atoms with E-state index in [0.29, 0.717) is 12.5 Å². The molecule has 0 amide bonds. The minimum absolute atomic E-state index is 0.212. The molecule has 1 aliphatic heterocycles. The molecule has 1 aromatic carbocycles. The molecular weight excluding hydrogens is 321 g/mol. The predicted octanol–water partition coefficient (Wildman–Crippen LogP) is 2.67. The zero-order valence-electron chi connectivity index (χ0n) is 15.3. The van der Waals surface area contributed by atoms with Gasteiger partial charge in [-0.2, -0.15) is 0 Å². The van der Waals surface area contributed by atoms with Crippen LogP contribution in [-0.4, -0.2) is 57.4 Å². The van der Waals surface area contributed by atoms with Crippen LogP contribution in [0.15, 0.2) is 29.3 Å². The highest BCUT2D eigenvalue weighted by Crippen LogP contribution is 2.12. The van der Waals surface area contributed by atoms with Crippen LogP contribution in [0.25, 0.3) is 0 Å². The number of nitrogens with one attached hydrogen (secondary N) is 1. The molecule has 1 fully saturated rings. The Balaban J connectivity index is 1.71. The van der Waals surface area contributed by atoms with Gasteiger partial charge in [-0.3, -0.25) is 4.99 Å². The maximum Gasteiger partial charge on any atom is 0.193 e. The van der Waals surface area contributed by atoms with E-state index in [0.717, 1.165) is 63.9 Å². The number of benzene rings is 1. The molecule has 6 heteroatoms. The lowest BCUT2D eigenvalue weighted by atomic mass is 10.1. The van der Waals surface area contributed by atoms with Crippen LogP contribution >= 0.6 is 0 Å². The van der Waals surface area contributed by atoms with Gasteiger partial charge in [0.2, 0.25) is 0 Å². The fourth-order valence-electron chi connectivity index (χ4n) is 2.72. The molecule has 0 aliphatic carbocycles. The molecule has 1 aromatic rings. The Morgan fingerprint density at radius 1 is 1.40 bits per heavy atom. The van der Waals surface area contributed by atoms with Gasteiger partial charge in [-0.25, -0.2) is 4.39 Å². The number of rotatable bonds is 9. The van der Waals surface area contributed by atoms with Gasteiger partial charge in [-0.1, -0.05) is 12.1 Å². The van der Waals surface area contributed by atoms with E-state index < -0.39 is 0 Å². The Labute approximate surface area is 150 Å². The van der Waals surface area contributed by atoms with Gasteiger partial charge in [-0.05, 0) is 37.5 Å². The lowest BCUT2D eigenvalue weighted by Gasteiger charge is -2.22. The number of nitrogens with zero attached hydrogens (tertiary/aromatic N) is 2. The van der Waals surface area contributed by atoms with Crippen molar-refractivity contribution in [2.24, 2.45) is 10.9 Å². The first-order valence-corrected chi connectivity index (χ1v) is 9.08. The smallest absolute Gasteiger partial charge is 0.193 e. The molecule has 0 saturated carbocycles. The number of hydrogen-bond donors (Lipinski definition) is 1. The van der Waals surface area contributed by atoms with Crippen molar-refractivity contribution in [1.82, 2.24) is 10.2 Å². The summed E-state index contributed by atoms with van der Waals surface area (Å²) in [7, 11) is 1.99. The molecule has 1 saturated heterocycles. The summed E-state index contributed by atoms with van der Waals surface area (Å²) in [5.74, 6) is 1.20. The molecule has 5 nitrogen and oxygen atoms in total. The van der Waals surface area contributed by atoms with Gasteiger partial charge in [0, 0.05) is 45.8 Å². The van der Waals surface area contributed by atoms with Crippen LogP contribution < -0.4 is 5.32 Å². The summed E-state index contributed by atoms with van der Waals surface area (Å²) in [5.41, 5.74) is 1.05. The summed E-state index contributed by atoms with van der Waals surface area (Å²) in [6.07, 6.45) is 2.00. The van der Waals surface area contributed by atoms with Crippen molar-refractivity contribution in [3.05, 3.63) is 35.6 Å². The molecule has 1 atom stereocenters. The number of ether oxygens (including phenoxy) is 2. The zero-order valence-corrected chi connectivity index (χ0v) is 15.3. The molecular formula is C19H30FN3O2. The Morgan fingerprint density at radius 2 is 2.20 bits per heavy atom. The quantitative estimate of drug-likeness (QED) is 0.422. The van der Waals surface area contributed by atoms with Crippen molar-refractivity contribution in [3.63, 3.8) is 0 Å². The molecule has 1 heterocycles. The van der Waals surface area contributed by atoms with Crippen LogP contribution in [-0.2, 0) is 16.0 Å². The molecule has 25 heavy (non-hydrogen) atoms. The summed E-state index contributed by atoms with van der Waals surface area (Å²) in [6.45, 7) is 7.47. The third-order valence-electron chi connectivity index (χ3n) is 4.12. The molecule has 1 unspecified atom stereocenters. The van der Waals surface area contributed by atoms with Crippen molar-refractivity contribution >= 4 is 5.96 Å².